The number of aryl methyl sites for hydroxylation is 1. The summed E-state index contributed by atoms with van der Waals surface area (Å²) < 4.78 is 0. The van der Waals surface area contributed by atoms with E-state index in [0.717, 1.165) is 29.6 Å². The zero-order valence-corrected chi connectivity index (χ0v) is 12.1. The van der Waals surface area contributed by atoms with Gasteiger partial charge in [-0.2, -0.15) is 0 Å². The summed E-state index contributed by atoms with van der Waals surface area (Å²) in [6, 6.07) is -0.120. The average molecular weight is 289 g/mol. The van der Waals surface area contributed by atoms with Crippen LogP contribution in [0.25, 0.3) is 10.2 Å². The quantitative estimate of drug-likeness (QED) is 0.828. The van der Waals surface area contributed by atoms with Gasteiger partial charge in [-0.1, -0.05) is 19.3 Å². The summed E-state index contributed by atoms with van der Waals surface area (Å²) in [5, 5.41) is 13.1. The number of rotatable bonds is 5. The van der Waals surface area contributed by atoms with Crippen molar-refractivity contribution in [3.8, 4) is 12.3 Å². The van der Waals surface area contributed by atoms with E-state index in [2.05, 4.69) is 28.1 Å². The Morgan fingerprint density at radius 1 is 1.60 bits per heavy atom. The van der Waals surface area contributed by atoms with Crippen LogP contribution in [0.2, 0.25) is 0 Å². The van der Waals surface area contributed by atoms with Crippen molar-refractivity contribution in [1.82, 2.24) is 9.97 Å². The molecule has 0 bridgehead atoms. The third-order valence-corrected chi connectivity index (χ3v) is 4.20. The van der Waals surface area contributed by atoms with E-state index in [4.69, 9.17) is 6.42 Å². The number of carboxylic acid groups (broad SMARTS) is 1. The molecular formula is C14H15N3O2S. The van der Waals surface area contributed by atoms with Crippen LogP contribution in [0.5, 0.6) is 0 Å². The highest BCUT2D eigenvalue weighted by Gasteiger charge is 2.19. The highest BCUT2D eigenvalue weighted by molar-refractivity contribution is 7.20. The van der Waals surface area contributed by atoms with Gasteiger partial charge in [0.25, 0.3) is 0 Å². The number of terminal acetylenes is 1. The number of fused-ring (bicyclic) bond motifs is 1. The van der Waals surface area contributed by atoms with E-state index >= 15 is 0 Å². The number of carbonyl (C=O) groups is 1. The Kier molecular flexibility index (Phi) is 4.20. The molecule has 2 N–H and O–H groups in total. The van der Waals surface area contributed by atoms with Crippen LogP contribution in [-0.4, -0.2) is 27.1 Å². The molecule has 1 unspecified atom stereocenters. The molecule has 0 aromatic carbocycles. The van der Waals surface area contributed by atoms with Crippen molar-refractivity contribution in [2.24, 2.45) is 0 Å². The second-order valence-corrected chi connectivity index (χ2v) is 5.42. The highest BCUT2D eigenvalue weighted by Crippen LogP contribution is 2.33. The predicted molar refractivity (Wildman–Crippen MR) is 80.3 cm³/mol. The number of thiophene rings is 1. The Bertz CT molecular complexity index is 688. The van der Waals surface area contributed by atoms with Crippen LogP contribution in [0, 0.1) is 19.3 Å². The maximum atomic E-state index is 11.2. The minimum Gasteiger partial charge on any atom is -0.477 e. The fraction of sp³-hybridized carbons (Fsp3) is 0.357. The maximum absolute atomic E-state index is 11.2. The van der Waals surface area contributed by atoms with E-state index in [1.807, 2.05) is 0 Å². The molecule has 2 rings (SSSR count). The molecule has 0 aliphatic heterocycles. The molecule has 2 aromatic heterocycles. The highest BCUT2D eigenvalue weighted by atomic mass is 32.1. The van der Waals surface area contributed by atoms with Crippen LogP contribution in [0.4, 0.5) is 5.82 Å². The lowest BCUT2D eigenvalue weighted by Crippen LogP contribution is -2.17. The zero-order valence-electron chi connectivity index (χ0n) is 11.3. The number of aromatic nitrogens is 2. The lowest BCUT2D eigenvalue weighted by atomic mass is 10.1. The molecule has 6 heteroatoms. The summed E-state index contributed by atoms with van der Waals surface area (Å²) in [5.41, 5.74) is 0.674. The van der Waals surface area contributed by atoms with Gasteiger partial charge in [0.1, 0.15) is 21.9 Å². The normalized spacial score (nSPS) is 12.1. The average Bonchev–Trinajstić information content (AvgIpc) is 2.77. The van der Waals surface area contributed by atoms with E-state index in [0.29, 0.717) is 16.2 Å². The first-order chi connectivity index (χ1) is 9.58. The third-order valence-electron chi connectivity index (χ3n) is 3.01. The standard InChI is InChI=1S/C14H15N3O2S/c1-4-6-9(5-2)17-12-10-8(3)11(14(18)19)20-13(10)16-7-15-12/h2,7,9H,4,6H2,1,3H3,(H,18,19)(H,15,16,17). The first-order valence-corrected chi connectivity index (χ1v) is 7.10. The van der Waals surface area contributed by atoms with Gasteiger partial charge < -0.3 is 10.4 Å². The maximum Gasteiger partial charge on any atom is 0.346 e. The number of carboxylic acids is 1. The Morgan fingerprint density at radius 3 is 2.95 bits per heavy atom. The molecule has 104 valence electrons. The second-order valence-electron chi connectivity index (χ2n) is 4.42. The number of nitrogens with zero attached hydrogens (tertiary/aromatic N) is 2. The minimum absolute atomic E-state index is 0.120. The van der Waals surface area contributed by atoms with Crippen molar-refractivity contribution in [3.63, 3.8) is 0 Å². The van der Waals surface area contributed by atoms with Crippen molar-refractivity contribution in [3.05, 3.63) is 16.8 Å². The second kappa shape index (κ2) is 5.88. The van der Waals surface area contributed by atoms with Gasteiger partial charge in [-0.25, -0.2) is 14.8 Å². The summed E-state index contributed by atoms with van der Waals surface area (Å²) >= 11 is 1.15. The van der Waals surface area contributed by atoms with Crippen LogP contribution < -0.4 is 5.32 Å². The lowest BCUT2D eigenvalue weighted by Gasteiger charge is -2.13. The number of nitrogens with one attached hydrogen (secondary N) is 1. The molecule has 0 aliphatic carbocycles. The van der Waals surface area contributed by atoms with E-state index in [1.54, 1.807) is 6.92 Å². The van der Waals surface area contributed by atoms with E-state index in [-0.39, 0.29) is 10.9 Å². The molecule has 2 aromatic rings. The number of anilines is 1. The molecule has 0 spiro atoms. The van der Waals surface area contributed by atoms with E-state index in [1.165, 1.54) is 6.33 Å². The SMILES string of the molecule is C#CC(CCC)Nc1ncnc2sc(C(=O)O)c(C)c12. The van der Waals surface area contributed by atoms with Crippen LogP contribution in [-0.2, 0) is 0 Å². The summed E-state index contributed by atoms with van der Waals surface area (Å²) in [4.78, 5) is 20.5. The molecular weight excluding hydrogens is 274 g/mol. The number of hydrogen-bond acceptors (Lipinski definition) is 5. The molecule has 0 aliphatic rings. The van der Waals surface area contributed by atoms with Gasteiger partial charge in [0.15, 0.2) is 0 Å². The van der Waals surface area contributed by atoms with Crippen LogP contribution in [0.1, 0.15) is 35.0 Å². The molecule has 20 heavy (non-hydrogen) atoms. The molecule has 5 nitrogen and oxygen atoms in total. The van der Waals surface area contributed by atoms with Gasteiger partial charge in [0, 0.05) is 0 Å². The monoisotopic (exact) mass is 289 g/mol. The Balaban J connectivity index is 2.49. The zero-order chi connectivity index (χ0) is 14.7. The molecule has 0 fully saturated rings. The third kappa shape index (κ3) is 2.58. The summed E-state index contributed by atoms with van der Waals surface area (Å²) in [7, 11) is 0. The van der Waals surface area contributed by atoms with E-state index < -0.39 is 5.97 Å². The van der Waals surface area contributed by atoms with Gasteiger partial charge >= 0.3 is 5.97 Å². The van der Waals surface area contributed by atoms with Gasteiger partial charge in [-0.05, 0) is 18.9 Å². The topological polar surface area (TPSA) is 75.1 Å². The molecule has 0 saturated carbocycles. The molecule has 2 heterocycles. The Morgan fingerprint density at radius 2 is 2.35 bits per heavy atom. The first-order valence-electron chi connectivity index (χ1n) is 6.28. The van der Waals surface area contributed by atoms with Crippen molar-refractivity contribution in [2.45, 2.75) is 32.7 Å². The van der Waals surface area contributed by atoms with Crippen molar-refractivity contribution < 1.29 is 9.90 Å². The van der Waals surface area contributed by atoms with Crippen molar-refractivity contribution >= 4 is 33.3 Å². The van der Waals surface area contributed by atoms with Gasteiger partial charge in [-0.3, -0.25) is 0 Å². The fourth-order valence-electron chi connectivity index (χ4n) is 2.04. The summed E-state index contributed by atoms with van der Waals surface area (Å²) in [6.45, 7) is 3.82. The van der Waals surface area contributed by atoms with Crippen LogP contribution in [0.3, 0.4) is 0 Å². The van der Waals surface area contributed by atoms with Crippen molar-refractivity contribution in [1.29, 1.82) is 0 Å². The Labute approximate surface area is 121 Å². The first kappa shape index (κ1) is 14.3. The number of aromatic carboxylic acids is 1. The lowest BCUT2D eigenvalue weighted by molar-refractivity contribution is 0.0701. The minimum atomic E-state index is -0.946. The van der Waals surface area contributed by atoms with Gasteiger partial charge in [0.2, 0.25) is 0 Å². The Hall–Kier alpha value is -2.13. The molecule has 1 atom stereocenters. The molecule has 0 radical (unpaired) electrons. The van der Waals surface area contributed by atoms with Gasteiger partial charge in [-0.15, -0.1) is 17.8 Å². The van der Waals surface area contributed by atoms with Crippen LogP contribution >= 0.6 is 11.3 Å². The van der Waals surface area contributed by atoms with Gasteiger partial charge in [0.05, 0.1) is 11.4 Å². The summed E-state index contributed by atoms with van der Waals surface area (Å²) in [6.07, 6.45) is 8.70. The fourth-order valence-corrected chi connectivity index (χ4v) is 3.02. The van der Waals surface area contributed by atoms with E-state index in [9.17, 15) is 9.90 Å². The van der Waals surface area contributed by atoms with Crippen molar-refractivity contribution in [2.75, 3.05) is 5.32 Å². The largest absolute Gasteiger partial charge is 0.477 e. The predicted octanol–water partition coefficient (Wildman–Crippen LogP) is 2.91. The smallest absolute Gasteiger partial charge is 0.346 e. The molecule has 0 amide bonds. The summed E-state index contributed by atoms with van der Waals surface area (Å²) in [5.74, 6) is 2.34. The van der Waals surface area contributed by atoms with Crippen LogP contribution in [0.15, 0.2) is 6.33 Å². The molecule has 0 saturated heterocycles. The number of hydrogen-bond donors (Lipinski definition) is 2.